The lowest BCUT2D eigenvalue weighted by atomic mass is 9.92. The van der Waals surface area contributed by atoms with Gasteiger partial charge in [-0.25, -0.2) is 14.4 Å². The third kappa shape index (κ3) is 5.59. The maximum absolute atomic E-state index is 12.8. The van der Waals surface area contributed by atoms with Gasteiger partial charge in [0, 0.05) is 10.9 Å². The lowest BCUT2D eigenvalue weighted by molar-refractivity contribution is 0.0882. The minimum atomic E-state index is -2.58. The van der Waals surface area contributed by atoms with Gasteiger partial charge in [0.05, 0.1) is 18.0 Å². The van der Waals surface area contributed by atoms with Gasteiger partial charge in [0.25, 0.3) is 11.7 Å². The predicted octanol–water partition coefficient (Wildman–Crippen LogP) is 4.05. The van der Waals surface area contributed by atoms with Gasteiger partial charge in [0.1, 0.15) is 6.10 Å². The molecule has 5 nitrogen and oxygen atoms in total. The minimum Gasteiger partial charge on any atom is -0.460 e. The molecule has 0 bridgehead atoms. The average Bonchev–Trinajstić information content (AvgIpc) is 2.65. The molecule has 1 aromatic carbocycles. The van der Waals surface area contributed by atoms with Crippen LogP contribution in [0.2, 0.25) is 0 Å². The molecule has 0 spiro atoms. The van der Waals surface area contributed by atoms with E-state index in [0.717, 1.165) is 12.4 Å². The Morgan fingerprint density at radius 2 is 1.81 bits per heavy atom. The van der Waals surface area contributed by atoms with Crippen LogP contribution in [0.15, 0.2) is 41.6 Å². The number of alkyl halides is 2. The molecule has 1 aliphatic carbocycles. The number of nitrogens with zero attached hydrogens (tertiary/aromatic N) is 2. The van der Waals surface area contributed by atoms with Crippen LogP contribution in [0.3, 0.4) is 0 Å². The topological polar surface area (TPSA) is 64.1 Å². The van der Waals surface area contributed by atoms with Crippen LogP contribution in [0, 0.1) is 5.82 Å². The predicted molar refractivity (Wildman–Crippen MR) is 94.4 cm³/mol. The van der Waals surface area contributed by atoms with Crippen molar-refractivity contribution < 1.29 is 22.7 Å². The van der Waals surface area contributed by atoms with Gasteiger partial charge in [-0.2, -0.15) is 8.78 Å². The largest absolute Gasteiger partial charge is 0.460 e. The Bertz CT molecular complexity index is 769. The van der Waals surface area contributed by atoms with E-state index in [1.54, 1.807) is 18.2 Å². The standard InChI is InChI=1S/C18H18F3N3O2S/c19-11-9-22-18(23-10-11)26-13-7-5-12(6-8-13)24-16(25)14-3-1-2-4-15(14)27-17(20)21/h1-4,9-10,12-13,17H,5-8H2,(H,24,25). The molecule has 2 aromatic rings. The molecule has 0 atom stereocenters. The van der Waals surface area contributed by atoms with Gasteiger partial charge < -0.3 is 10.1 Å². The summed E-state index contributed by atoms with van der Waals surface area (Å²) in [6, 6.07) is 6.40. The molecular formula is C18H18F3N3O2S. The lowest BCUT2D eigenvalue weighted by Crippen LogP contribution is -2.40. The summed E-state index contributed by atoms with van der Waals surface area (Å²) in [4.78, 5) is 20.3. The summed E-state index contributed by atoms with van der Waals surface area (Å²) >= 11 is 0.363. The van der Waals surface area contributed by atoms with Crippen molar-refractivity contribution in [3.8, 4) is 6.01 Å². The molecule has 1 fully saturated rings. The van der Waals surface area contributed by atoms with Gasteiger partial charge >= 0.3 is 6.01 Å². The number of nitrogens with one attached hydrogen (secondary N) is 1. The molecule has 0 radical (unpaired) electrons. The quantitative estimate of drug-likeness (QED) is 0.745. The second-order valence-electron chi connectivity index (χ2n) is 6.12. The van der Waals surface area contributed by atoms with Gasteiger partial charge in [-0.1, -0.05) is 23.9 Å². The van der Waals surface area contributed by atoms with Crippen LogP contribution >= 0.6 is 11.8 Å². The summed E-state index contributed by atoms with van der Waals surface area (Å²) < 4.78 is 43.7. The Balaban J connectivity index is 1.52. The zero-order valence-electron chi connectivity index (χ0n) is 14.3. The molecule has 3 rings (SSSR count). The first kappa shape index (κ1) is 19.5. The minimum absolute atomic E-state index is 0.0592. The fraction of sp³-hybridized carbons (Fsp3) is 0.389. The number of halogens is 3. The number of aromatic nitrogens is 2. The van der Waals surface area contributed by atoms with Crippen LogP contribution in [-0.2, 0) is 0 Å². The van der Waals surface area contributed by atoms with Gasteiger partial charge in [0.2, 0.25) is 0 Å². The van der Waals surface area contributed by atoms with Crippen molar-refractivity contribution >= 4 is 17.7 Å². The highest BCUT2D eigenvalue weighted by Crippen LogP contribution is 2.29. The van der Waals surface area contributed by atoms with Gasteiger partial charge in [-0.3, -0.25) is 4.79 Å². The highest BCUT2D eigenvalue weighted by Gasteiger charge is 2.25. The van der Waals surface area contributed by atoms with Crippen LogP contribution in [0.5, 0.6) is 6.01 Å². The number of carbonyl (C=O) groups excluding carboxylic acids is 1. The second kappa shape index (κ2) is 9.07. The van der Waals surface area contributed by atoms with Crippen LogP contribution in [0.1, 0.15) is 36.0 Å². The number of benzene rings is 1. The number of rotatable bonds is 6. The van der Waals surface area contributed by atoms with Crippen LogP contribution in [-0.4, -0.2) is 33.8 Å². The molecule has 1 heterocycles. The van der Waals surface area contributed by atoms with Crippen LogP contribution < -0.4 is 10.1 Å². The van der Waals surface area contributed by atoms with E-state index in [1.165, 1.54) is 6.07 Å². The summed E-state index contributed by atoms with van der Waals surface area (Å²) in [6.45, 7) is 0. The third-order valence-electron chi connectivity index (χ3n) is 4.23. The first-order chi connectivity index (χ1) is 13.0. The zero-order valence-corrected chi connectivity index (χ0v) is 15.1. The van der Waals surface area contributed by atoms with Gasteiger partial charge in [0.15, 0.2) is 5.82 Å². The van der Waals surface area contributed by atoms with Crippen LogP contribution in [0.4, 0.5) is 13.2 Å². The third-order valence-corrected chi connectivity index (χ3v) is 5.01. The molecule has 1 aliphatic rings. The maximum Gasteiger partial charge on any atom is 0.316 e. The summed E-state index contributed by atoms with van der Waals surface area (Å²) in [6.07, 6.45) is 4.71. The van der Waals surface area contributed by atoms with E-state index >= 15 is 0 Å². The van der Waals surface area contributed by atoms with Crippen molar-refractivity contribution in [2.75, 3.05) is 0 Å². The number of amides is 1. The summed E-state index contributed by atoms with van der Waals surface area (Å²) in [7, 11) is 0. The van der Waals surface area contributed by atoms with E-state index in [9.17, 15) is 18.0 Å². The summed E-state index contributed by atoms with van der Waals surface area (Å²) in [5.41, 5.74) is 0.251. The van der Waals surface area contributed by atoms with E-state index in [2.05, 4.69) is 15.3 Å². The van der Waals surface area contributed by atoms with Gasteiger partial charge in [-0.15, -0.1) is 0 Å². The Morgan fingerprint density at radius 1 is 1.15 bits per heavy atom. The van der Waals surface area contributed by atoms with E-state index in [-0.39, 0.29) is 34.5 Å². The fourth-order valence-corrected chi connectivity index (χ4v) is 3.59. The molecule has 9 heteroatoms. The molecule has 0 aliphatic heterocycles. The first-order valence-corrected chi connectivity index (χ1v) is 9.38. The van der Waals surface area contributed by atoms with Crippen molar-refractivity contribution in [2.24, 2.45) is 0 Å². The fourth-order valence-electron chi connectivity index (χ4n) is 2.95. The average molecular weight is 397 g/mol. The highest BCUT2D eigenvalue weighted by atomic mass is 32.2. The summed E-state index contributed by atoms with van der Waals surface area (Å²) in [5.74, 6) is -3.47. The normalized spacial score (nSPS) is 19.7. The van der Waals surface area contributed by atoms with E-state index in [0.29, 0.717) is 37.4 Å². The highest BCUT2D eigenvalue weighted by molar-refractivity contribution is 7.99. The van der Waals surface area contributed by atoms with Crippen molar-refractivity contribution in [2.45, 2.75) is 48.5 Å². The Hall–Kier alpha value is -2.29. The monoisotopic (exact) mass is 397 g/mol. The van der Waals surface area contributed by atoms with E-state index in [4.69, 9.17) is 4.74 Å². The molecule has 0 unspecified atom stereocenters. The molecule has 1 amide bonds. The smallest absolute Gasteiger partial charge is 0.316 e. The Labute approximate surface area is 158 Å². The Kier molecular flexibility index (Phi) is 6.54. The van der Waals surface area contributed by atoms with Crippen molar-refractivity contribution in [1.82, 2.24) is 15.3 Å². The number of hydrogen-bond acceptors (Lipinski definition) is 5. The second-order valence-corrected chi connectivity index (χ2v) is 7.16. The van der Waals surface area contributed by atoms with Crippen LogP contribution in [0.25, 0.3) is 0 Å². The zero-order chi connectivity index (χ0) is 19.2. The number of thioether (sulfide) groups is 1. The number of hydrogen-bond donors (Lipinski definition) is 1. The molecule has 1 saturated carbocycles. The molecule has 27 heavy (non-hydrogen) atoms. The van der Waals surface area contributed by atoms with Crippen molar-refractivity contribution in [3.63, 3.8) is 0 Å². The Morgan fingerprint density at radius 3 is 2.48 bits per heavy atom. The molecule has 144 valence electrons. The molecule has 1 aromatic heterocycles. The van der Waals surface area contributed by atoms with E-state index in [1.807, 2.05) is 0 Å². The van der Waals surface area contributed by atoms with Crippen molar-refractivity contribution in [1.29, 1.82) is 0 Å². The summed E-state index contributed by atoms with van der Waals surface area (Å²) in [5, 5.41) is 2.91. The lowest BCUT2D eigenvalue weighted by Gasteiger charge is -2.29. The molecule has 0 saturated heterocycles. The van der Waals surface area contributed by atoms with E-state index < -0.39 is 11.6 Å². The number of ether oxygens (including phenoxy) is 1. The van der Waals surface area contributed by atoms with Crippen molar-refractivity contribution in [3.05, 3.63) is 48.0 Å². The van der Waals surface area contributed by atoms with Gasteiger partial charge in [-0.05, 0) is 37.8 Å². The maximum atomic E-state index is 12.8. The first-order valence-electron chi connectivity index (χ1n) is 8.50. The molecule has 1 N–H and O–H groups in total. The SMILES string of the molecule is O=C(NC1CCC(Oc2ncc(F)cn2)CC1)c1ccccc1SC(F)F. The number of carbonyl (C=O) groups is 1. The molecular weight excluding hydrogens is 379 g/mol.